The third-order valence-electron chi connectivity index (χ3n) is 9.87. The highest BCUT2D eigenvalue weighted by atomic mass is 35.5. The lowest BCUT2D eigenvalue weighted by molar-refractivity contribution is -0.135. The van der Waals surface area contributed by atoms with Crippen LogP contribution in [0.3, 0.4) is 0 Å². The van der Waals surface area contributed by atoms with E-state index in [2.05, 4.69) is 38.7 Å². The number of carbonyl (C=O) groups excluding carboxylic acids is 5. The maximum absolute atomic E-state index is 12.3. The number of benzene rings is 2. The number of nitrogens with one attached hydrogen (secondary N) is 5. The SMILES string of the molecule is CC(C)(C)OC(=O)N1CCC(c2ccc(NC3CCC(=O)NC3=O)cc2C#N)CC1.Cl.N#Cc1cc(NC2CCC(=O)NC2=O)ccc1C1CCNCC1. The lowest BCUT2D eigenvalue weighted by Crippen LogP contribution is -2.47. The molecule has 0 radical (unpaired) electrons. The van der Waals surface area contributed by atoms with Gasteiger partial charge in [-0.05, 0) is 120 Å². The third kappa shape index (κ3) is 11.2. The van der Waals surface area contributed by atoms with Crippen LogP contribution in [0.4, 0.5) is 16.2 Å². The molecule has 54 heavy (non-hydrogen) atoms. The molecule has 5 N–H and O–H groups in total. The van der Waals surface area contributed by atoms with E-state index in [1.807, 2.05) is 45.0 Å². The molecule has 0 aromatic heterocycles. The maximum Gasteiger partial charge on any atom is 0.410 e. The first-order valence-electron chi connectivity index (χ1n) is 18.3. The highest BCUT2D eigenvalue weighted by Gasteiger charge is 2.30. The standard InChI is InChI=1S/C22H28N4O4.C17H20N4O2.ClH/c1-22(2,3)30-21(29)26-10-8-14(9-11-26)17-5-4-16(12-15(17)13-23)24-18-6-7-19(27)25-20(18)28;18-10-12-9-13(20-15-3-4-16(22)21-17(15)23)1-2-14(12)11-5-7-19-8-6-11;/h4-5,12,14,18,24H,6-11H2,1-3H3,(H,25,27,28);1-2,9,11,15,19-20H,3-8H2,(H,21,22,23);1H. The van der Waals surface area contributed by atoms with Crippen LogP contribution in [0.5, 0.6) is 0 Å². The van der Waals surface area contributed by atoms with Crippen LogP contribution in [-0.2, 0) is 23.9 Å². The second kappa shape index (κ2) is 18.7. The number of anilines is 2. The number of nitrogens with zero attached hydrogens (tertiary/aromatic N) is 3. The number of hydrogen-bond donors (Lipinski definition) is 5. The summed E-state index contributed by atoms with van der Waals surface area (Å²) in [6, 6.07) is 14.9. The molecule has 0 aliphatic carbocycles. The predicted octanol–water partition coefficient (Wildman–Crippen LogP) is 4.55. The predicted molar refractivity (Wildman–Crippen MR) is 204 cm³/mol. The summed E-state index contributed by atoms with van der Waals surface area (Å²) in [6.45, 7) is 8.67. The van der Waals surface area contributed by atoms with Gasteiger partial charge in [0.1, 0.15) is 17.7 Å². The number of rotatable bonds is 6. The van der Waals surface area contributed by atoms with Crippen molar-refractivity contribution in [3.63, 3.8) is 0 Å². The van der Waals surface area contributed by atoms with E-state index in [-0.39, 0.29) is 48.0 Å². The van der Waals surface area contributed by atoms with Gasteiger partial charge in [0.15, 0.2) is 0 Å². The smallest absolute Gasteiger partial charge is 0.410 e. The monoisotopic (exact) mass is 760 g/mol. The first-order chi connectivity index (χ1) is 25.3. The number of likely N-dealkylation sites (tertiary alicyclic amines) is 1. The van der Waals surface area contributed by atoms with Gasteiger partial charge in [-0.1, -0.05) is 12.1 Å². The van der Waals surface area contributed by atoms with Crippen LogP contribution in [0.25, 0.3) is 0 Å². The number of imide groups is 2. The summed E-state index contributed by atoms with van der Waals surface area (Å²) in [7, 11) is 0. The minimum atomic E-state index is -0.521. The summed E-state index contributed by atoms with van der Waals surface area (Å²) in [5.41, 5.74) is 4.16. The van der Waals surface area contributed by atoms with Gasteiger partial charge >= 0.3 is 6.09 Å². The van der Waals surface area contributed by atoms with Gasteiger partial charge in [0, 0.05) is 37.3 Å². The molecule has 4 aliphatic heterocycles. The minimum absolute atomic E-state index is 0. The number of ether oxygens (including phenoxy) is 1. The van der Waals surface area contributed by atoms with Gasteiger partial charge in [-0.25, -0.2) is 4.79 Å². The lowest BCUT2D eigenvalue weighted by Gasteiger charge is -2.34. The Kier molecular flexibility index (Phi) is 14.4. The quantitative estimate of drug-likeness (QED) is 0.258. The molecule has 15 heteroatoms. The van der Waals surface area contributed by atoms with Crippen LogP contribution in [0.15, 0.2) is 36.4 Å². The van der Waals surface area contributed by atoms with Crippen LogP contribution < -0.4 is 26.6 Å². The van der Waals surface area contributed by atoms with Crippen molar-refractivity contribution in [1.82, 2.24) is 20.9 Å². The molecule has 2 aromatic carbocycles. The Hall–Kier alpha value is -5.18. The highest BCUT2D eigenvalue weighted by molar-refractivity contribution is 6.02. The van der Waals surface area contributed by atoms with E-state index >= 15 is 0 Å². The van der Waals surface area contributed by atoms with Crippen molar-refractivity contribution in [1.29, 1.82) is 10.5 Å². The molecular formula is C39H49ClN8O6. The van der Waals surface area contributed by atoms with Gasteiger partial charge in [0.05, 0.1) is 23.3 Å². The zero-order chi connectivity index (χ0) is 38.1. The molecule has 288 valence electrons. The van der Waals surface area contributed by atoms with Gasteiger partial charge in [0.2, 0.25) is 23.6 Å². The molecule has 0 saturated carbocycles. The Morgan fingerprint density at radius 3 is 1.59 bits per heavy atom. The molecule has 2 atom stereocenters. The summed E-state index contributed by atoms with van der Waals surface area (Å²) in [5.74, 6) is -0.542. The number of amides is 5. The second-order valence-corrected chi connectivity index (χ2v) is 14.9. The fraction of sp³-hybridized carbons (Fsp3) is 0.513. The average molecular weight is 761 g/mol. The van der Waals surface area contributed by atoms with Crippen LogP contribution in [0.2, 0.25) is 0 Å². The molecule has 0 bridgehead atoms. The zero-order valence-corrected chi connectivity index (χ0v) is 31.8. The molecule has 4 fully saturated rings. The number of hydrogen-bond acceptors (Lipinski definition) is 11. The van der Waals surface area contributed by atoms with Crippen molar-refractivity contribution < 1.29 is 28.7 Å². The van der Waals surface area contributed by atoms with E-state index < -0.39 is 17.7 Å². The van der Waals surface area contributed by atoms with E-state index in [0.29, 0.717) is 61.5 Å². The third-order valence-corrected chi connectivity index (χ3v) is 9.87. The Bertz CT molecular complexity index is 1800. The summed E-state index contributed by atoms with van der Waals surface area (Å²) in [6.07, 6.45) is 4.82. The fourth-order valence-corrected chi connectivity index (χ4v) is 7.10. The molecule has 14 nitrogen and oxygen atoms in total. The van der Waals surface area contributed by atoms with E-state index in [0.717, 1.165) is 55.6 Å². The Labute approximate surface area is 322 Å². The molecule has 0 spiro atoms. The Morgan fingerprint density at radius 2 is 1.19 bits per heavy atom. The molecule has 4 heterocycles. The van der Waals surface area contributed by atoms with Crippen molar-refractivity contribution in [3.05, 3.63) is 58.7 Å². The van der Waals surface area contributed by atoms with Crippen molar-refractivity contribution >= 4 is 53.5 Å². The molecule has 6 rings (SSSR count). The van der Waals surface area contributed by atoms with Crippen molar-refractivity contribution in [2.75, 3.05) is 36.8 Å². The van der Waals surface area contributed by atoms with Crippen LogP contribution in [0, 0.1) is 22.7 Å². The van der Waals surface area contributed by atoms with Gasteiger partial charge in [-0.3, -0.25) is 29.8 Å². The number of carbonyl (C=O) groups is 5. The topological polar surface area (TPSA) is 206 Å². The molecule has 5 amide bonds. The second-order valence-electron chi connectivity index (χ2n) is 14.9. The number of piperidine rings is 4. The molecule has 2 aromatic rings. The van der Waals surface area contributed by atoms with Crippen LogP contribution in [-0.4, -0.2) is 78.5 Å². The van der Waals surface area contributed by atoms with Crippen molar-refractivity contribution in [3.8, 4) is 12.1 Å². The lowest BCUT2D eigenvalue weighted by atomic mass is 9.86. The number of nitriles is 2. The highest BCUT2D eigenvalue weighted by Crippen LogP contribution is 2.33. The maximum atomic E-state index is 12.3. The average Bonchev–Trinajstić information content (AvgIpc) is 3.14. The van der Waals surface area contributed by atoms with E-state index in [9.17, 15) is 34.5 Å². The van der Waals surface area contributed by atoms with Gasteiger partial charge in [-0.15, -0.1) is 12.4 Å². The van der Waals surface area contributed by atoms with Crippen LogP contribution in [0.1, 0.15) is 106 Å². The van der Waals surface area contributed by atoms with E-state index in [1.54, 1.807) is 17.0 Å². The minimum Gasteiger partial charge on any atom is -0.444 e. The zero-order valence-electron chi connectivity index (χ0n) is 31.0. The number of halogens is 1. The van der Waals surface area contributed by atoms with Crippen LogP contribution >= 0.6 is 12.4 Å². The molecule has 2 unspecified atom stereocenters. The first kappa shape index (κ1) is 41.6. The Balaban J connectivity index is 0.000000244. The normalized spacial score (nSPS) is 20.8. The largest absolute Gasteiger partial charge is 0.444 e. The van der Waals surface area contributed by atoms with Gasteiger partial charge < -0.3 is 25.6 Å². The first-order valence-corrected chi connectivity index (χ1v) is 18.3. The Morgan fingerprint density at radius 1 is 0.741 bits per heavy atom. The van der Waals surface area contributed by atoms with Gasteiger partial charge in [-0.2, -0.15) is 10.5 Å². The van der Waals surface area contributed by atoms with Crippen molar-refractivity contribution in [2.45, 2.75) is 102 Å². The molecular weight excluding hydrogens is 712 g/mol. The van der Waals surface area contributed by atoms with Crippen molar-refractivity contribution in [2.24, 2.45) is 0 Å². The molecule has 4 saturated heterocycles. The van der Waals surface area contributed by atoms with E-state index in [1.165, 1.54) is 0 Å². The summed E-state index contributed by atoms with van der Waals surface area (Å²) >= 11 is 0. The van der Waals surface area contributed by atoms with E-state index in [4.69, 9.17) is 4.74 Å². The summed E-state index contributed by atoms with van der Waals surface area (Å²) < 4.78 is 5.44. The molecule has 4 aliphatic rings. The van der Waals surface area contributed by atoms with Gasteiger partial charge in [0.25, 0.3) is 0 Å². The summed E-state index contributed by atoms with van der Waals surface area (Å²) in [5, 5.41) is 33.3. The summed E-state index contributed by atoms with van der Waals surface area (Å²) in [4.78, 5) is 60.2. The fourth-order valence-electron chi connectivity index (χ4n) is 7.10.